The van der Waals surface area contributed by atoms with Gasteiger partial charge in [-0.3, -0.25) is 18.4 Å². The van der Waals surface area contributed by atoms with E-state index in [9.17, 15) is 9.36 Å². The highest BCUT2D eigenvalue weighted by atomic mass is 31.2. The van der Waals surface area contributed by atoms with E-state index >= 15 is 0 Å². The Labute approximate surface area is 312 Å². The summed E-state index contributed by atoms with van der Waals surface area (Å²) >= 11 is 0. The Morgan fingerprint density at radius 3 is 1.12 bits per heavy atom. The van der Waals surface area contributed by atoms with Crippen LogP contribution >= 0.6 is 7.82 Å². The van der Waals surface area contributed by atoms with E-state index in [0.29, 0.717) is 32.8 Å². The van der Waals surface area contributed by atoms with Crippen LogP contribution in [0.2, 0.25) is 0 Å². The molecule has 0 fully saturated rings. The van der Waals surface area contributed by atoms with Crippen molar-refractivity contribution in [3.63, 3.8) is 0 Å². The molecular weight excluding hydrogens is 645 g/mol. The van der Waals surface area contributed by atoms with E-state index in [0.717, 1.165) is 77.4 Å². The molecule has 0 aromatic rings. The van der Waals surface area contributed by atoms with Crippen LogP contribution in [0.15, 0.2) is 0 Å². The lowest BCUT2D eigenvalue weighted by Gasteiger charge is -2.20. The van der Waals surface area contributed by atoms with Gasteiger partial charge in [-0.2, -0.15) is 0 Å². The van der Waals surface area contributed by atoms with E-state index in [2.05, 4.69) is 32.6 Å². The number of esters is 1. The van der Waals surface area contributed by atoms with Crippen LogP contribution < -0.4 is 0 Å². The normalized spacial score (nSPS) is 11.9. The number of hydrogen-bond donors (Lipinski definition) is 0. The number of rotatable bonds is 42. The Morgan fingerprint density at radius 2 is 0.740 bits per heavy atom. The van der Waals surface area contributed by atoms with Gasteiger partial charge in [-0.25, -0.2) is 4.57 Å². The third-order valence-electron chi connectivity index (χ3n) is 9.68. The summed E-state index contributed by atoms with van der Waals surface area (Å²) < 4.78 is 36.0. The first-order valence-electron chi connectivity index (χ1n) is 21.9. The summed E-state index contributed by atoms with van der Waals surface area (Å²) in [4.78, 5) is 14.5. The molecule has 0 saturated heterocycles. The van der Waals surface area contributed by atoms with Gasteiger partial charge in [0.1, 0.15) is 0 Å². The maximum absolute atomic E-state index is 13.3. The summed E-state index contributed by atoms with van der Waals surface area (Å²) in [5.74, 6) is -0.0127. The number of carbonyl (C=O) groups excluding carboxylic acids is 1. The molecule has 0 aromatic carbocycles. The van der Waals surface area contributed by atoms with Crippen LogP contribution in [-0.4, -0.2) is 56.9 Å². The molecule has 0 aliphatic rings. The number of carbonyl (C=O) groups is 1. The van der Waals surface area contributed by atoms with Crippen LogP contribution in [0.5, 0.6) is 0 Å². The van der Waals surface area contributed by atoms with Gasteiger partial charge in [0.2, 0.25) is 0 Å². The Kier molecular flexibility index (Phi) is 39.4. The lowest BCUT2D eigenvalue weighted by atomic mass is 10.1. The van der Waals surface area contributed by atoms with Crippen molar-refractivity contribution in [2.75, 3.05) is 46.1 Å². The van der Waals surface area contributed by atoms with Crippen molar-refractivity contribution >= 4 is 13.8 Å². The second-order valence-corrected chi connectivity index (χ2v) is 16.2. The molecule has 0 spiro atoms. The van der Waals surface area contributed by atoms with Gasteiger partial charge in [0.05, 0.1) is 26.4 Å². The van der Waals surface area contributed by atoms with E-state index in [-0.39, 0.29) is 5.97 Å². The molecule has 0 rings (SSSR count). The lowest BCUT2D eigenvalue weighted by Crippen LogP contribution is -2.25. The molecule has 0 saturated carbocycles. The highest BCUT2D eigenvalue weighted by Crippen LogP contribution is 2.50. The molecule has 0 heterocycles. The summed E-state index contributed by atoms with van der Waals surface area (Å²) in [7, 11) is -3.48. The standard InChI is InChI=1S/C42H86NO6P/c1-5-9-12-15-18-24-31-38-46-42(44)35-28-21-19-22-29-36-43(8-4)37-30-23-20-27-34-41-49-50(45,47-39-32-25-16-13-10-6-2)48-40-33-26-17-14-11-7-3/h5-41H2,1-4H3. The maximum Gasteiger partial charge on any atom is 0.474 e. The third kappa shape index (κ3) is 35.9. The zero-order chi connectivity index (χ0) is 36.6. The Balaban J connectivity index is 3.93. The summed E-state index contributed by atoms with van der Waals surface area (Å²) in [5, 5.41) is 0. The molecule has 0 aliphatic carbocycles. The smallest absolute Gasteiger partial charge is 0.466 e. The SMILES string of the molecule is CCCCCCCCCOC(=O)CCCCCCCN(CC)CCCCCCCOP(=O)(OCCCCCCCC)OCCCCCCCC. The number of ether oxygens (including phenoxy) is 1. The molecule has 8 heteroatoms. The van der Waals surface area contributed by atoms with Gasteiger partial charge in [-0.05, 0) is 64.6 Å². The lowest BCUT2D eigenvalue weighted by molar-refractivity contribution is -0.143. The van der Waals surface area contributed by atoms with Crippen molar-refractivity contribution in [3.05, 3.63) is 0 Å². The van der Waals surface area contributed by atoms with Crippen LogP contribution in [0.25, 0.3) is 0 Å². The summed E-state index contributed by atoms with van der Waals surface area (Å²) in [6.07, 6.45) is 34.6. The third-order valence-corrected chi connectivity index (χ3v) is 11.2. The average molecular weight is 732 g/mol. The molecule has 0 atom stereocenters. The number of unbranched alkanes of at least 4 members (excludes halogenated alkanes) is 24. The highest BCUT2D eigenvalue weighted by molar-refractivity contribution is 7.48. The van der Waals surface area contributed by atoms with Crippen molar-refractivity contribution in [2.24, 2.45) is 0 Å². The topological polar surface area (TPSA) is 74.3 Å². The number of hydrogen-bond acceptors (Lipinski definition) is 7. The Morgan fingerprint density at radius 1 is 0.420 bits per heavy atom. The minimum absolute atomic E-state index is 0.0127. The van der Waals surface area contributed by atoms with Crippen molar-refractivity contribution in [3.8, 4) is 0 Å². The van der Waals surface area contributed by atoms with E-state index in [1.807, 2.05) is 0 Å². The van der Waals surface area contributed by atoms with Gasteiger partial charge in [0, 0.05) is 6.42 Å². The highest BCUT2D eigenvalue weighted by Gasteiger charge is 2.26. The van der Waals surface area contributed by atoms with Crippen molar-refractivity contribution < 1.29 is 27.7 Å². The van der Waals surface area contributed by atoms with Crippen LogP contribution in [0.1, 0.15) is 220 Å². The molecular formula is C42H86NO6P. The van der Waals surface area contributed by atoms with Gasteiger partial charge in [-0.15, -0.1) is 0 Å². The first-order valence-corrected chi connectivity index (χ1v) is 23.4. The summed E-state index contributed by atoms with van der Waals surface area (Å²) in [6.45, 7) is 14.3. The van der Waals surface area contributed by atoms with E-state index in [1.54, 1.807) is 0 Å². The van der Waals surface area contributed by atoms with Gasteiger partial charge in [-0.1, -0.05) is 169 Å². The molecule has 0 N–H and O–H groups in total. The van der Waals surface area contributed by atoms with Gasteiger partial charge < -0.3 is 9.64 Å². The van der Waals surface area contributed by atoms with Crippen LogP contribution in [-0.2, 0) is 27.7 Å². The summed E-state index contributed by atoms with van der Waals surface area (Å²) in [6, 6.07) is 0. The summed E-state index contributed by atoms with van der Waals surface area (Å²) in [5.41, 5.74) is 0. The van der Waals surface area contributed by atoms with Crippen molar-refractivity contribution in [1.29, 1.82) is 0 Å². The maximum atomic E-state index is 13.3. The predicted molar refractivity (Wildman–Crippen MR) is 214 cm³/mol. The quantitative estimate of drug-likeness (QED) is 0.0351. The van der Waals surface area contributed by atoms with Crippen LogP contribution in [0.3, 0.4) is 0 Å². The Bertz CT molecular complexity index is 717. The van der Waals surface area contributed by atoms with Crippen molar-refractivity contribution in [2.45, 2.75) is 220 Å². The largest absolute Gasteiger partial charge is 0.474 e. The first-order chi connectivity index (χ1) is 24.5. The number of phosphoric ester groups is 1. The van der Waals surface area contributed by atoms with E-state index < -0.39 is 7.82 Å². The second-order valence-electron chi connectivity index (χ2n) is 14.5. The molecule has 0 aliphatic heterocycles. The second kappa shape index (κ2) is 39.7. The van der Waals surface area contributed by atoms with Crippen LogP contribution in [0, 0.1) is 0 Å². The fraction of sp³-hybridized carbons (Fsp3) is 0.976. The van der Waals surface area contributed by atoms with Gasteiger partial charge in [0.15, 0.2) is 0 Å². The molecule has 0 aromatic heterocycles. The molecule has 0 radical (unpaired) electrons. The number of phosphoric acid groups is 1. The zero-order valence-electron chi connectivity index (χ0n) is 34.0. The molecule has 0 unspecified atom stereocenters. The monoisotopic (exact) mass is 732 g/mol. The minimum Gasteiger partial charge on any atom is -0.466 e. The molecule has 7 nitrogen and oxygen atoms in total. The molecule has 50 heavy (non-hydrogen) atoms. The van der Waals surface area contributed by atoms with Crippen LogP contribution in [0.4, 0.5) is 0 Å². The predicted octanol–water partition coefficient (Wildman–Crippen LogP) is 13.8. The van der Waals surface area contributed by atoms with Crippen molar-refractivity contribution in [1.82, 2.24) is 4.90 Å². The van der Waals surface area contributed by atoms with E-state index in [4.69, 9.17) is 18.3 Å². The van der Waals surface area contributed by atoms with Gasteiger partial charge in [0.25, 0.3) is 0 Å². The molecule has 0 amide bonds. The average Bonchev–Trinajstić information content (AvgIpc) is 3.11. The fourth-order valence-corrected chi connectivity index (χ4v) is 7.54. The fourth-order valence-electron chi connectivity index (χ4n) is 6.25. The number of nitrogens with zero attached hydrogens (tertiary/aromatic N) is 1. The Hall–Kier alpha value is -0.460. The van der Waals surface area contributed by atoms with E-state index in [1.165, 1.54) is 128 Å². The molecule has 0 bridgehead atoms. The first kappa shape index (κ1) is 49.5. The van der Waals surface area contributed by atoms with Gasteiger partial charge >= 0.3 is 13.8 Å². The zero-order valence-corrected chi connectivity index (χ0v) is 34.9. The molecule has 300 valence electrons. The minimum atomic E-state index is -3.48.